The van der Waals surface area contributed by atoms with E-state index < -0.39 is 41.1 Å². The molecule has 242 valence electrons. The van der Waals surface area contributed by atoms with Crippen LogP contribution in [0.5, 0.6) is 5.75 Å². The molecule has 3 aromatic rings. The quantitative estimate of drug-likeness (QED) is 0.211. The summed E-state index contributed by atoms with van der Waals surface area (Å²) in [5.41, 5.74) is 2.68. The topological polar surface area (TPSA) is 108 Å². The van der Waals surface area contributed by atoms with Gasteiger partial charge >= 0.3 is 6.09 Å². The summed E-state index contributed by atoms with van der Waals surface area (Å²) in [5.74, 6) is -0.810. The molecule has 3 aromatic carbocycles. The molecule has 3 rings (SSSR count). The first kappa shape index (κ1) is 35.4. The smallest absolute Gasteiger partial charge is 0.408 e. The maximum atomic E-state index is 14.9. The summed E-state index contributed by atoms with van der Waals surface area (Å²) in [5, 5.41) is 16.0. The fraction of sp³-hybridized carbons (Fsp3) is 0.417. The van der Waals surface area contributed by atoms with Gasteiger partial charge in [0, 0.05) is 12.0 Å². The standard InChI is InChI=1S/C36H46ClN3O5/c1-10-36(8,9)40(33(43)28(38-34(44)45-35(5,6)7)21-25-17-19-26(41)20-18-25)31(29-22(2)13-11-14-23(29)3)32(42)39-30-24(4)15-12-16-27(30)37/h11-20,28,31,41H,10,21H2,1-9H3,(H,38,44)(H,39,42). The Hall–Kier alpha value is -4.04. The van der Waals surface area contributed by atoms with Gasteiger partial charge in [-0.15, -0.1) is 0 Å². The number of rotatable bonds is 10. The predicted octanol–water partition coefficient (Wildman–Crippen LogP) is 7.80. The first-order valence-electron chi connectivity index (χ1n) is 15.2. The van der Waals surface area contributed by atoms with Gasteiger partial charge in [0.15, 0.2) is 0 Å². The molecule has 0 aromatic heterocycles. The molecule has 0 saturated carbocycles. The van der Waals surface area contributed by atoms with E-state index in [0.29, 0.717) is 28.3 Å². The second-order valence-corrected chi connectivity index (χ2v) is 13.5. The third-order valence-electron chi connectivity index (χ3n) is 7.91. The number of para-hydroxylation sites is 1. The minimum Gasteiger partial charge on any atom is -0.508 e. The van der Waals surface area contributed by atoms with Gasteiger partial charge in [-0.1, -0.05) is 61.0 Å². The van der Waals surface area contributed by atoms with Crippen LogP contribution in [0.4, 0.5) is 10.5 Å². The molecular weight excluding hydrogens is 590 g/mol. The van der Waals surface area contributed by atoms with Gasteiger partial charge in [0.05, 0.1) is 10.7 Å². The van der Waals surface area contributed by atoms with Crippen LogP contribution in [-0.4, -0.2) is 45.1 Å². The number of phenols is 1. The third kappa shape index (κ3) is 9.01. The number of amides is 3. The molecule has 2 unspecified atom stereocenters. The lowest BCUT2D eigenvalue weighted by Gasteiger charge is -2.45. The summed E-state index contributed by atoms with van der Waals surface area (Å²) in [6.45, 7) is 16.7. The molecule has 0 saturated heterocycles. The molecule has 9 heteroatoms. The zero-order valence-corrected chi connectivity index (χ0v) is 28.5. The lowest BCUT2D eigenvalue weighted by molar-refractivity contribution is -0.147. The number of nitrogens with one attached hydrogen (secondary N) is 2. The molecule has 0 aliphatic rings. The minimum atomic E-state index is -1.10. The van der Waals surface area contributed by atoms with Gasteiger partial charge < -0.3 is 25.4 Å². The van der Waals surface area contributed by atoms with E-state index in [4.69, 9.17) is 16.3 Å². The highest BCUT2D eigenvalue weighted by molar-refractivity contribution is 6.34. The SMILES string of the molecule is CCC(C)(C)N(C(=O)C(Cc1ccc(O)cc1)NC(=O)OC(C)(C)C)C(C(=O)Nc1c(C)cccc1Cl)c1c(C)cccc1C. The van der Waals surface area contributed by atoms with Gasteiger partial charge in [0.25, 0.3) is 5.91 Å². The van der Waals surface area contributed by atoms with Crippen LogP contribution < -0.4 is 10.6 Å². The lowest BCUT2D eigenvalue weighted by atomic mass is 9.88. The normalized spacial score (nSPS) is 13.0. The van der Waals surface area contributed by atoms with E-state index in [1.54, 1.807) is 43.9 Å². The molecule has 0 radical (unpaired) electrons. The Morgan fingerprint density at radius 1 is 0.889 bits per heavy atom. The molecule has 8 nitrogen and oxygen atoms in total. The summed E-state index contributed by atoms with van der Waals surface area (Å²) in [7, 11) is 0. The van der Waals surface area contributed by atoms with Crippen LogP contribution in [0.3, 0.4) is 0 Å². The van der Waals surface area contributed by atoms with E-state index in [1.165, 1.54) is 12.1 Å². The molecule has 0 aliphatic heterocycles. The van der Waals surface area contributed by atoms with Gasteiger partial charge in [0.2, 0.25) is 5.91 Å². The van der Waals surface area contributed by atoms with Crippen molar-refractivity contribution in [2.75, 3.05) is 5.32 Å². The van der Waals surface area contributed by atoms with Crippen LogP contribution in [0.25, 0.3) is 0 Å². The van der Waals surface area contributed by atoms with Gasteiger partial charge in [-0.25, -0.2) is 4.79 Å². The summed E-state index contributed by atoms with van der Waals surface area (Å²) in [6, 6.07) is 15.4. The van der Waals surface area contributed by atoms with Crippen molar-refractivity contribution in [3.05, 3.63) is 93.5 Å². The van der Waals surface area contributed by atoms with E-state index in [1.807, 2.05) is 71.9 Å². The summed E-state index contributed by atoms with van der Waals surface area (Å²) in [4.78, 5) is 44.2. The van der Waals surface area contributed by atoms with E-state index in [-0.39, 0.29) is 12.2 Å². The van der Waals surface area contributed by atoms with Crippen molar-refractivity contribution in [2.24, 2.45) is 0 Å². The van der Waals surface area contributed by atoms with Crippen LogP contribution in [0, 0.1) is 20.8 Å². The summed E-state index contributed by atoms with van der Waals surface area (Å²) < 4.78 is 5.55. The monoisotopic (exact) mass is 635 g/mol. The van der Waals surface area contributed by atoms with Crippen LogP contribution in [-0.2, 0) is 20.7 Å². The number of carbonyl (C=O) groups is 3. The highest BCUT2D eigenvalue weighted by Gasteiger charge is 2.44. The third-order valence-corrected chi connectivity index (χ3v) is 8.23. The van der Waals surface area contributed by atoms with Crippen molar-refractivity contribution in [1.29, 1.82) is 0 Å². The fourth-order valence-electron chi connectivity index (χ4n) is 5.25. The van der Waals surface area contributed by atoms with Crippen LogP contribution >= 0.6 is 11.6 Å². The van der Waals surface area contributed by atoms with E-state index >= 15 is 0 Å². The minimum absolute atomic E-state index is 0.0806. The molecule has 0 fully saturated rings. The number of hydrogen-bond acceptors (Lipinski definition) is 5. The first-order chi connectivity index (χ1) is 20.9. The number of aromatic hydroxyl groups is 1. The number of anilines is 1. The van der Waals surface area contributed by atoms with Gasteiger partial charge in [-0.2, -0.15) is 0 Å². The van der Waals surface area contributed by atoms with Crippen molar-refractivity contribution in [1.82, 2.24) is 10.2 Å². The number of aryl methyl sites for hydroxylation is 3. The highest BCUT2D eigenvalue weighted by Crippen LogP contribution is 2.37. The van der Waals surface area contributed by atoms with Crippen LogP contribution in [0.2, 0.25) is 5.02 Å². The number of benzene rings is 3. The molecule has 0 heterocycles. The van der Waals surface area contributed by atoms with Gasteiger partial charge in [-0.3, -0.25) is 9.59 Å². The van der Waals surface area contributed by atoms with Crippen molar-refractivity contribution < 1.29 is 24.2 Å². The Kier molecular flexibility index (Phi) is 11.3. The molecule has 0 bridgehead atoms. The molecule has 3 amide bonds. The number of nitrogens with zero attached hydrogens (tertiary/aromatic N) is 1. The number of phenolic OH excluding ortho intramolecular Hbond substituents is 1. The number of alkyl carbamates (subject to hydrolysis) is 1. The van der Waals surface area contributed by atoms with Crippen LogP contribution in [0.1, 0.15) is 81.8 Å². The highest BCUT2D eigenvalue weighted by atomic mass is 35.5. The molecular formula is C36H46ClN3O5. The van der Waals surface area contributed by atoms with E-state index in [9.17, 15) is 19.5 Å². The Morgan fingerprint density at radius 2 is 1.44 bits per heavy atom. The average Bonchev–Trinajstić information content (AvgIpc) is 2.93. The Balaban J connectivity index is 2.23. The van der Waals surface area contributed by atoms with E-state index in [0.717, 1.165) is 16.7 Å². The number of hydrogen-bond donors (Lipinski definition) is 3. The second kappa shape index (κ2) is 14.4. The lowest BCUT2D eigenvalue weighted by Crippen LogP contribution is -2.59. The van der Waals surface area contributed by atoms with Gasteiger partial charge in [-0.05, 0) is 108 Å². The second-order valence-electron chi connectivity index (χ2n) is 13.1. The molecule has 45 heavy (non-hydrogen) atoms. The van der Waals surface area contributed by atoms with Crippen molar-refractivity contribution >= 4 is 35.2 Å². The average molecular weight is 636 g/mol. The molecule has 0 spiro atoms. The Labute approximate surface area is 272 Å². The largest absolute Gasteiger partial charge is 0.508 e. The van der Waals surface area contributed by atoms with Gasteiger partial charge in [0.1, 0.15) is 23.4 Å². The van der Waals surface area contributed by atoms with Crippen molar-refractivity contribution in [3.63, 3.8) is 0 Å². The zero-order chi connectivity index (χ0) is 33.7. The Morgan fingerprint density at radius 3 is 1.98 bits per heavy atom. The summed E-state index contributed by atoms with van der Waals surface area (Å²) >= 11 is 6.53. The van der Waals surface area contributed by atoms with Crippen LogP contribution in [0.15, 0.2) is 60.7 Å². The van der Waals surface area contributed by atoms with Crippen molar-refractivity contribution in [3.8, 4) is 5.75 Å². The number of halogens is 1. The maximum absolute atomic E-state index is 14.9. The molecule has 2 atom stereocenters. The molecule has 3 N–H and O–H groups in total. The number of carbonyl (C=O) groups excluding carboxylic acids is 3. The summed E-state index contributed by atoms with van der Waals surface area (Å²) in [6.07, 6.45) is -0.148. The molecule has 0 aliphatic carbocycles. The van der Waals surface area contributed by atoms with E-state index in [2.05, 4.69) is 10.6 Å². The fourth-order valence-corrected chi connectivity index (χ4v) is 5.52. The first-order valence-corrected chi connectivity index (χ1v) is 15.6. The zero-order valence-electron chi connectivity index (χ0n) is 27.7. The predicted molar refractivity (Wildman–Crippen MR) is 180 cm³/mol. The Bertz CT molecular complexity index is 1490. The number of ether oxygens (including phenoxy) is 1. The maximum Gasteiger partial charge on any atom is 0.408 e. The van der Waals surface area contributed by atoms with Crippen molar-refractivity contribution in [2.45, 2.75) is 98.4 Å².